The summed E-state index contributed by atoms with van der Waals surface area (Å²) >= 11 is 6.31. The Morgan fingerprint density at radius 3 is 2.02 bits per heavy atom. The number of hydrogen-bond acceptors (Lipinski definition) is 4. The van der Waals surface area contributed by atoms with Crippen molar-refractivity contribution < 1.29 is 18.0 Å². The van der Waals surface area contributed by atoms with E-state index in [1.165, 1.54) is 17.0 Å². The van der Waals surface area contributed by atoms with E-state index in [4.69, 9.17) is 11.6 Å². The van der Waals surface area contributed by atoms with Gasteiger partial charge in [-0.1, -0.05) is 98.2 Å². The predicted molar refractivity (Wildman–Crippen MR) is 181 cm³/mol. The maximum Gasteiger partial charge on any atom is 0.264 e. The molecule has 2 atom stereocenters. The molecule has 2 amide bonds. The number of anilines is 1. The average molecular weight is 646 g/mol. The Labute approximate surface area is 271 Å². The molecule has 45 heavy (non-hydrogen) atoms. The second kappa shape index (κ2) is 15.7. The molecule has 1 N–H and O–H groups in total. The van der Waals surface area contributed by atoms with Crippen LogP contribution in [-0.2, 0) is 39.0 Å². The molecule has 4 rings (SSSR count). The highest BCUT2D eigenvalue weighted by atomic mass is 35.5. The SMILES string of the molecule is CCc1ccc(N(CC(=O)N(Cc2cccc(Cl)c2)[C@@H](Cc2ccccc2)C(=O)N[C@@H](C)CC)S(=O)(=O)c2ccccc2)cc1. The number of aryl methyl sites for hydroxylation is 1. The molecule has 0 saturated heterocycles. The molecule has 4 aromatic carbocycles. The highest BCUT2D eigenvalue weighted by Gasteiger charge is 2.35. The number of halogens is 1. The van der Waals surface area contributed by atoms with Crippen LogP contribution in [0, 0.1) is 0 Å². The Morgan fingerprint density at radius 2 is 1.42 bits per heavy atom. The smallest absolute Gasteiger partial charge is 0.264 e. The summed E-state index contributed by atoms with van der Waals surface area (Å²) in [5, 5.41) is 3.54. The minimum absolute atomic E-state index is 0.0544. The van der Waals surface area contributed by atoms with Gasteiger partial charge in [-0.05, 0) is 72.9 Å². The van der Waals surface area contributed by atoms with Crippen LogP contribution >= 0.6 is 11.6 Å². The number of nitrogens with zero attached hydrogens (tertiary/aromatic N) is 2. The van der Waals surface area contributed by atoms with Crippen LogP contribution in [0.1, 0.15) is 43.9 Å². The summed E-state index contributed by atoms with van der Waals surface area (Å²) in [6.07, 6.45) is 1.74. The summed E-state index contributed by atoms with van der Waals surface area (Å²) in [6.45, 7) is 5.45. The third-order valence-corrected chi connectivity index (χ3v) is 9.78. The van der Waals surface area contributed by atoms with Gasteiger partial charge in [-0.25, -0.2) is 8.42 Å². The second-order valence-electron chi connectivity index (χ2n) is 11.0. The number of carbonyl (C=O) groups excluding carboxylic acids is 2. The standard InChI is InChI=1S/C36H40ClN3O4S/c1-4-27(3)38-36(42)34(24-29-13-8-6-9-14-29)39(25-30-15-12-16-31(37)23-30)35(41)26-40(32-21-19-28(5-2)20-22-32)45(43,44)33-17-10-7-11-18-33/h6-23,27,34H,4-5,24-26H2,1-3H3,(H,38,42)/t27-,34-/m0/s1. The summed E-state index contributed by atoms with van der Waals surface area (Å²) in [5.41, 5.74) is 2.98. The van der Waals surface area contributed by atoms with Gasteiger partial charge in [0.05, 0.1) is 10.6 Å². The zero-order valence-electron chi connectivity index (χ0n) is 25.9. The Balaban J connectivity index is 1.80. The van der Waals surface area contributed by atoms with E-state index in [1.807, 2.05) is 69.3 Å². The lowest BCUT2D eigenvalue weighted by Gasteiger charge is -2.34. The zero-order chi connectivity index (χ0) is 32.4. The van der Waals surface area contributed by atoms with Crippen molar-refractivity contribution in [2.24, 2.45) is 0 Å². The van der Waals surface area contributed by atoms with E-state index in [2.05, 4.69) is 5.32 Å². The molecule has 0 unspecified atom stereocenters. The van der Waals surface area contributed by atoms with Crippen LogP contribution < -0.4 is 9.62 Å². The molecule has 0 aromatic heterocycles. The van der Waals surface area contributed by atoms with Crippen molar-refractivity contribution in [3.05, 3.63) is 131 Å². The van der Waals surface area contributed by atoms with E-state index in [0.717, 1.165) is 27.4 Å². The van der Waals surface area contributed by atoms with Crippen LogP contribution in [-0.4, -0.2) is 43.8 Å². The van der Waals surface area contributed by atoms with Gasteiger partial charge >= 0.3 is 0 Å². The number of carbonyl (C=O) groups is 2. The normalized spacial score (nSPS) is 12.6. The summed E-state index contributed by atoms with van der Waals surface area (Å²) in [7, 11) is -4.15. The summed E-state index contributed by atoms with van der Waals surface area (Å²) in [5.74, 6) is -0.831. The van der Waals surface area contributed by atoms with Gasteiger partial charge in [0.2, 0.25) is 11.8 Å². The van der Waals surface area contributed by atoms with E-state index < -0.39 is 28.5 Å². The number of nitrogens with one attached hydrogen (secondary N) is 1. The Morgan fingerprint density at radius 1 is 0.800 bits per heavy atom. The fraction of sp³-hybridized carbons (Fsp3) is 0.278. The molecular weight excluding hydrogens is 606 g/mol. The molecule has 4 aromatic rings. The van der Waals surface area contributed by atoms with Gasteiger partial charge in [0.1, 0.15) is 12.6 Å². The van der Waals surface area contributed by atoms with Crippen molar-refractivity contribution in [3.8, 4) is 0 Å². The van der Waals surface area contributed by atoms with Crippen LogP contribution in [0.4, 0.5) is 5.69 Å². The van der Waals surface area contributed by atoms with E-state index in [1.54, 1.807) is 48.5 Å². The molecule has 236 valence electrons. The lowest BCUT2D eigenvalue weighted by Crippen LogP contribution is -2.54. The van der Waals surface area contributed by atoms with Gasteiger partial charge in [0.25, 0.3) is 10.0 Å². The van der Waals surface area contributed by atoms with E-state index in [0.29, 0.717) is 17.1 Å². The topological polar surface area (TPSA) is 86.8 Å². The molecule has 0 fully saturated rings. The van der Waals surface area contributed by atoms with Crippen LogP contribution in [0.25, 0.3) is 0 Å². The van der Waals surface area contributed by atoms with Gasteiger partial charge in [0, 0.05) is 24.0 Å². The summed E-state index contributed by atoms with van der Waals surface area (Å²) in [4.78, 5) is 30.0. The van der Waals surface area contributed by atoms with Crippen molar-refractivity contribution in [1.82, 2.24) is 10.2 Å². The summed E-state index contributed by atoms with van der Waals surface area (Å²) in [6, 6.07) is 30.7. The molecule has 7 nitrogen and oxygen atoms in total. The molecule has 0 aliphatic heterocycles. The zero-order valence-corrected chi connectivity index (χ0v) is 27.5. The molecule has 0 aliphatic rings. The van der Waals surface area contributed by atoms with Crippen LogP contribution in [0.3, 0.4) is 0 Å². The van der Waals surface area contributed by atoms with Crippen molar-refractivity contribution in [2.45, 2.75) is 63.6 Å². The van der Waals surface area contributed by atoms with Crippen molar-refractivity contribution >= 4 is 39.1 Å². The largest absolute Gasteiger partial charge is 0.352 e. The van der Waals surface area contributed by atoms with Crippen LogP contribution in [0.2, 0.25) is 5.02 Å². The maximum atomic E-state index is 14.5. The van der Waals surface area contributed by atoms with Gasteiger partial charge < -0.3 is 10.2 Å². The van der Waals surface area contributed by atoms with Crippen LogP contribution in [0.5, 0.6) is 0 Å². The van der Waals surface area contributed by atoms with E-state index in [9.17, 15) is 18.0 Å². The molecular formula is C36H40ClN3O4S. The highest BCUT2D eigenvalue weighted by Crippen LogP contribution is 2.26. The maximum absolute atomic E-state index is 14.5. The fourth-order valence-corrected chi connectivity index (χ4v) is 6.62. The fourth-order valence-electron chi connectivity index (χ4n) is 4.97. The Hall–Kier alpha value is -4.14. The first-order valence-corrected chi connectivity index (χ1v) is 17.0. The van der Waals surface area contributed by atoms with Crippen molar-refractivity contribution in [2.75, 3.05) is 10.8 Å². The van der Waals surface area contributed by atoms with Crippen molar-refractivity contribution in [1.29, 1.82) is 0 Å². The highest BCUT2D eigenvalue weighted by molar-refractivity contribution is 7.92. The number of hydrogen-bond donors (Lipinski definition) is 1. The molecule has 0 spiro atoms. The van der Waals surface area contributed by atoms with Gasteiger partial charge in [-0.15, -0.1) is 0 Å². The summed E-state index contributed by atoms with van der Waals surface area (Å²) < 4.78 is 29.3. The first-order chi connectivity index (χ1) is 21.6. The van der Waals surface area contributed by atoms with Gasteiger partial charge in [-0.3, -0.25) is 13.9 Å². The third kappa shape index (κ3) is 8.96. The van der Waals surface area contributed by atoms with Crippen LogP contribution in [0.15, 0.2) is 114 Å². The molecule has 0 heterocycles. The minimum atomic E-state index is -4.15. The monoisotopic (exact) mass is 645 g/mol. The van der Waals surface area contributed by atoms with Gasteiger partial charge in [-0.2, -0.15) is 0 Å². The quantitative estimate of drug-likeness (QED) is 0.166. The predicted octanol–water partition coefficient (Wildman–Crippen LogP) is 6.65. The lowest BCUT2D eigenvalue weighted by atomic mass is 10.0. The molecule has 0 saturated carbocycles. The number of rotatable bonds is 14. The Bertz CT molecular complexity index is 1670. The molecule has 0 radical (unpaired) electrons. The molecule has 0 bridgehead atoms. The number of sulfonamides is 1. The first-order valence-electron chi connectivity index (χ1n) is 15.2. The molecule has 9 heteroatoms. The average Bonchev–Trinajstić information content (AvgIpc) is 3.06. The minimum Gasteiger partial charge on any atom is -0.352 e. The number of benzene rings is 4. The lowest BCUT2D eigenvalue weighted by molar-refractivity contribution is -0.140. The van der Waals surface area contributed by atoms with E-state index in [-0.39, 0.29) is 29.8 Å². The second-order valence-corrected chi connectivity index (χ2v) is 13.3. The molecule has 0 aliphatic carbocycles. The van der Waals surface area contributed by atoms with Gasteiger partial charge in [0.15, 0.2) is 0 Å². The first kappa shape index (κ1) is 33.7. The Kier molecular flexibility index (Phi) is 11.8. The van der Waals surface area contributed by atoms with E-state index >= 15 is 0 Å². The number of amides is 2. The van der Waals surface area contributed by atoms with Crippen molar-refractivity contribution in [3.63, 3.8) is 0 Å². The third-order valence-electron chi connectivity index (χ3n) is 7.76.